The van der Waals surface area contributed by atoms with E-state index in [1.807, 2.05) is 7.05 Å². The Hall–Kier alpha value is -1.59. The van der Waals surface area contributed by atoms with Crippen molar-refractivity contribution in [3.63, 3.8) is 0 Å². The molecule has 1 aromatic rings. The molecule has 0 amide bonds. The molecule has 1 fully saturated rings. The van der Waals surface area contributed by atoms with Gasteiger partial charge in [0.15, 0.2) is 5.96 Å². The molecule has 24 heavy (non-hydrogen) atoms. The lowest BCUT2D eigenvalue weighted by Gasteiger charge is -2.23. The Morgan fingerprint density at radius 3 is 2.83 bits per heavy atom. The molecular weight excluding hydrogens is 300 g/mol. The Balaban J connectivity index is 1.72. The highest BCUT2D eigenvalue weighted by molar-refractivity contribution is 5.80. The van der Waals surface area contributed by atoms with Gasteiger partial charge < -0.3 is 19.9 Å². The third-order valence-corrected chi connectivity index (χ3v) is 4.62. The summed E-state index contributed by atoms with van der Waals surface area (Å²) < 4.78 is 5.11. The molecule has 0 saturated carbocycles. The minimum atomic E-state index is 0.718. The third kappa shape index (κ3) is 6.13. The Kier molecular flexibility index (Phi) is 8.05. The lowest BCUT2D eigenvalue weighted by atomic mass is 9.99. The number of aliphatic imine (C=N–C) groups is 1. The van der Waals surface area contributed by atoms with Crippen molar-refractivity contribution >= 4 is 5.96 Å². The Bertz CT molecular complexity index is 491. The highest BCUT2D eigenvalue weighted by Gasteiger charge is 2.24. The van der Waals surface area contributed by atoms with Crippen LogP contribution in [0.1, 0.15) is 12.0 Å². The summed E-state index contributed by atoms with van der Waals surface area (Å²) in [5.41, 5.74) is 1.44. The summed E-state index contributed by atoms with van der Waals surface area (Å²) in [4.78, 5) is 9.12. The molecule has 1 aliphatic rings. The minimum absolute atomic E-state index is 0.718. The first-order chi connectivity index (χ1) is 11.7. The normalized spacial score (nSPS) is 18.4. The molecule has 5 nitrogen and oxygen atoms in total. The molecule has 0 aliphatic carbocycles. The number of nitrogens with one attached hydrogen (secondary N) is 1. The smallest absolute Gasteiger partial charge is 0.193 e. The van der Waals surface area contributed by atoms with Crippen LogP contribution in [0, 0.1) is 5.92 Å². The topological polar surface area (TPSA) is 40.1 Å². The molecule has 1 aromatic carbocycles. The zero-order valence-electron chi connectivity index (χ0n) is 15.4. The second-order valence-electron chi connectivity index (χ2n) is 6.56. The maximum Gasteiger partial charge on any atom is 0.193 e. The summed E-state index contributed by atoms with van der Waals surface area (Å²) in [7, 11) is 5.74. The van der Waals surface area contributed by atoms with Gasteiger partial charge in [0.25, 0.3) is 0 Å². The van der Waals surface area contributed by atoms with E-state index in [2.05, 4.69) is 57.5 Å². The van der Waals surface area contributed by atoms with Crippen molar-refractivity contribution in [2.75, 3.05) is 60.5 Å². The fourth-order valence-electron chi connectivity index (χ4n) is 3.19. The van der Waals surface area contributed by atoms with Gasteiger partial charge in [0.2, 0.25) is 0 Å². The first-order valence-electron chi connectivity index (χ1n) is 8.90. The lowest BCUT2D eigenvalue weighted by molar-refractivity contribution is 0.162. The molecule has 0 spiro atoms. The van der Waals surface area contributed by atoms with Crippen LogP contribution in [0.5, 0.6) is 0 Å². The Labute approximate surface area is 146 Å². The quantitative estimate of drug-likeness (QED) is 0.581. The molecule has 1 heterocycles. The largest absolute Gasteiger partial charge is 0.383 e. The van der Waals surface area contributed by atoms with Gasteiger partial charge in [0, 0.05) is 46.9 Å². The monoisotopic (exact) mass is 332 g/mol. The number of methoxy groups -OCH3 is 1. The highest BCUT2D eigenvalue weighted by atomic mass is 16.5. The van der Waals surface area contributed by atoms with Gasteiger partial charge in [-0.25, -0.2) is 0 Å². The number of guanidine groups is 1. The van der Waals surface area contributed by atoms with Crippen molar-refractivity contribution in [3.05, 3.63) is 35.9 Å². The van der Waals surface area contributed by atoms with E-state index < -0.39 is 0 Å². The highest BCUT2D eigenvalue weighted by Crippen LogP contribution is 2.20. The van der Waals surface area contributed by atoms with E-state index in [-0.39, 0.29) is 0 Å². The third-order valence-electron chi connectivity index (χ3n) is 4.62. The van der Waals surface area contributed by atoms with Crippen LogP contribution in [0.25, 0.3) is 0 Å². The molecule has 1 N–H and O–H groups in total. The van der Waals surface area contributed by atoms with Crippen LogP contribution < -0.4 is 5.32 Å². The van der Waals surface area contributed by atoms with Crippen molar-refractivity contribution in [1.82, 2.24) is 15.1 Å². The molecular formula is C19H32N4O. The fourth-order valence-corrected chi connectivity index (χ4v) is 3.19. The van der Waals surface area contributed by atoms with Gasteiger partial charge >= 0.3 is 0 Å². The summed E-state index contributed by atoms with van der Waals surface area (Å²) in [6, 6.07) is 10.8. The van der Waals surface area contributed by atoms with Crippen molar-refractivity contribution in [2.45, 2.75) is 12.8 Å². The molecule has 1 atom stereocenters. The molecule has 0 bridgehead atoms. The molecule has 134 valence electrons. The predicted molar refractivity (Wildman–Crippen MR) is 101 cm³/mol. The zero-order chi connectivity index (χ0) is 17.2. The summed E-state index contributed by atoms with van der Waals surface area (Å²) in [5.74, 6) is 1.75. The number of likely N-dealkylation sites (tertiary alicyclic amines) is 1. The summed E-state index contributed by atoms with van der Waals surface area (Å²) in [5, 5.41) is 3.50. The van der Waals surface area contributed by atoms with Crippen LogP contribution in [0.15, 0.2) is 35.3 Å². The van der Waals surface area contributed by atoms with Gasteiger partial charge in [-0.15, -0.1) is 0 Å². The predicted octanol–water partition coefficient (Wildman–Crippen LogP) is 1.70. The van der Waals surface area contributed by atoms with Crippen molar-refractivity contribution < 1.29 is 4.74 Å². The average molecular weight is 332 g/mol. The van der Waals surface area contributed by atoms with Crippen LogP contribution in [0.4, 0.5) is 0 Å². The number of hydrogen-bond acceptors (Lipinski definition) is 3. The maximum absolute atomic E-state index is 5.11. The van der Waals surface area contributed by atoms with E-state index in [4.69, 9.17) is 4.74 Å². The first kappa shape index (κ1) is 18.7. The maximum atomic E-state index is 5.11. The van der Waals surface area contributed by atoms with Crippen molar-refractivity contribution in [2.24, 2.45) is 10.9 Å². The van der Waals surface area contributed by atoms with E-state index >= 15 is 0 Å². The number of benzene rings is 1. The molecule has 1 aliphatic heterocycles. The van der Waals surface area contributed by atoms with Gasteiger partial charge in [-0.2, -0.15) is 0 Å². The summed E-state index contributed by atoms with van der Waals surface area (Å²) >= 11 is 0. The standard InChI is InChI=1S/C19H32N4O/c1-20-19(21-10-12-22(2)13-14-24-3)23-11-9-18(16-23)15-17-7-5-4-6-8-17/h4-8,18H,9-16H2,1-3H3,(H,20,21). The molecule has 5 heteroatoms. The van der Waals surface area contributed by atoms with Crippen molar-refractivity contribution in [1.29, 1.82) is 0 Å². The van der Waals surface area contributed by atoms with Crippen molar-refractivity contribution in [3.8, 4) is 0 Å². The SMILES string of the molecule is CN=C(NCCN(C)CCOC)N1CCC(Cc2ccccc2)C1. The molecule has 1 unspecified atom stereocenters. The van der Waals surface area contributed by atoms with Gasteiger partial charge in [-0.05, 0) is 31.4 Å². The minimum Gasteiger partial charge on any atom is -0.383 e. The van der Waals surface area contributed by atoms with E-state index in [9.17, 15) is 0 Å². The zero-order valence-corrected chi connectivity index (χ0v) is 15.4. The number of hydrogen-bond donors (Lipinski definition) is 1. The second-order valence-corrected chi connectivity index (χ2v) is 6.56. The molecule has 0 radical (unpaired) electrons. The van der Waals surface area contributed by atoms with Crippen LogP contribution in [-0.4, -0.2) is 76.3 Å². The van der Waals surface area contributed by atoms with Crippen LogP contribution in [-0.2, 0) is 11.2 Å². The summed E-state index contributed by atoms with van der Waals surface area (Å²) in [6.07, 6.45) is 2.40. The van der Waals surface area contributed by atoms with Crippen LogP contribution >= 0.6 is 0 Å². The van der Waals surface area contributed by atoms with Gasteiger partial charge in [-0.1, -0.05) is 30.3 Å². The van der Waals surface area contributed by atoms with E-state index in [1.165, 1.54) is 12.0 Å². The molecule has 1 saturated heterocycles. The number of nitrogens with zero attached hydrogens (tertiary/aromatic N) is 3. The van der Waals surface area contributed by atoms with Crippen LogP contribution in [0.3, 0.4) is 0 Å². The number of rotatable bonds is 8. The Morgan fingerprint density at radius 2 is 2.12 bits per heavy atom. The summed E-state index contributed by atoms with van der Waals surface area (Å²) in [6.45, 7) is 5.82. The number of ether oxygens (including phenoxy) is 1. The van der Waals surface area contributed by atoms with Gasteiger partial charge in [-0.3, -0.25) is 4.99 Å². The Morgan fingerprint density at radius 1 is 1.33 bits per heavy atom. The van der Waals surface area contributed by atoms with Crippen LogP contribution in [0.2, 0.25) is 0 Å². The van der Waals surface area contributed by atoms with Gasteiger partial charge in [0.1, 0.15) is 0 Å². The fraction of sp³-hybridized carbons (Fsp3) is 0.632. The van der Waals surface area contributed by atoms with E-state index in [1.54, 1.807) is 7.11 Å². The molecule has 0 aromatic heterocycles. The lowest BCUT2D eigenvalue weighted by Crippen LogP contribution is -2.43. The first-order valence-corrected chi connectivity index (χ1v) is 8.90. The van der Waals surface area contributed by atoms with Gasteiger partial charge in [0.05, 0.1) is 6.61 Å². The second kappa shape index (κ2) is 10.3. The number of likely N-dealkylation sites (N-methyl/N-ethyl adjacent to an activating group) is 1. The van der Waals surface area contributed by atoms with E-state index in [0.717, 1.165) is 57.6 Å². The van der Waals surface area contributed by atoms with E-state index in [0.29, 0.717) is 0 Å². The average Bonchev–Trinajstić information content (AvgIpc) is 3.06. The molecule has 2 rings (SSSR count).